The molecule has 20 heavy (non-hydrogen) atoms. The van der Waals surface area contributed by atoms with Gasteiger partial charge in [0.1, 0.15) is 0 Å². The topological polar surface area (TPSA) is 3.24 Å². The highest BCUT2D eigenvalue weighted by atomic mass is 15.2. The van der Waals surface area contributed by atoms with Crippen molar-refractivity contribution in [3.8, 4) is 0 Å². The molecule has 0 bridgehead atoms. The van der Waals surface area contributed by atoms with Crippen molar-refractivity contribution in [2.45, 2.75) is 72.3 Å². The molecule has 1 heterocycles. The molecule has 1 saturated heterocycles. The molecule has 1 heteroatoms. The van der Waals surface area contributed by atoms with Gasteiger partial charge >= 0.3 is 0 Å². The van der Waals surface area contributed by atoms with Crippen molar-refractivity contribution in [2.75, 3.05) is 13.1 Å². The van der Waals surface area contributed by atoms with E-state index in [4.69, 9.17) is 0 Å². The average Bonchev–Trinajstić information content (AvgIpc) is 3.26. The van der Waals surface area contributed by atoms with Crippen LogP contribution in [0.5, 0.6) is 0 Å². The van der Waals surface area contributed by atoms with Crippen molar-refractivity contribution in [2.24, 2.45) is 35.5 Å². The summed E-state index contributed by atoms with van der Waals surface area (Å²) in [4.78, 5) is 2.85. The summed E-state index contributed by atoms with van der Waals surface area (Å²) in [5.74, 6) is 5.88. The van der Waals surface area contributed by atoms with Gasteiger partial charge in [0, 0.05) is 18.6 Å². The first kappa shape index (κ1) is 14.9. The Morgan fingerprint density at radius 2 is 1.80 bits per heavy atom. The summed E-state index contributed by atoms with van der Waals surface area (Å²) in [6, 6.07) is 0. The Morgan fingerprint density at radius 3 is 2.35 bits per heavy atom. The van der Waals surface area contributed by atoms with Gasteiger partial charge in [-0.25, -0.2) is 0 Å². The lowest BCUT2D eigenvalue weighted by atomic mass is 9.83. The zero-order valence-corrected chi connectivity index (χ0v) is 14.4. The van der Waals surface area contributed by atoms with Crippen molar-refractivity contribution in [3.63, 3.8) is 0 Å². The maximum absolute atomic E-state index is 2.85. The van der Waals surface area contributed by atoms with Crippen LogP contribution in [0.25, 0.3) is 0 Å². The minimum absolute atomic E-state index is 0.559. The molecule has 116 valence electrons. The summed E-state index contributed by atoms with van der Waals surface area (Å²) in [5.41, 5.74) is 0.559. The summed E-state index contributed by atoms with van der Waals surface area (Å²) in [5, 5.41) is 0. The molecule has 0 N–H and O–H groups in total. The molecule has 7 unspecified atom stereocenters. The van der Waals surface area contributed by atoms with Crippen LogP contribution in [0.2, 0.25) is 0 Å². The van der Waals surface area contributed by atoms with Gasteiger partial charge in [0.15, 0.2) is 0 Å². The van der Waals surface area contributed by atoms with E-state index in [1.807, 2.05) is 0 Å². The van der Waals surface area contributed by atoms with Gasteiger partial charge in [-0.15, -0.1) is 0 Å². The van der Waals surface area contributed by atoms with Gasteiger partial charge < -0.3 is 0 Å². The fourth-order valence-electron chi connectivity index (χ4n) is 4.97. The van der Waals surface area contributed by atoms with Crippen molar-refractivity contribution in [3.05, 3.63) is 0 Å². The van der Waals surface area contributed by atoms with Gasteiger partial charge in [0.2, 0.25) is 0 Å². The summed E-state index contributed by atoms with van der Waals surface area (Å²) < 4.78 is 0. The third-order valence-electron chi connectivity index (χ3n) is 7.02. The molecule has 0 spiro atoms. The maximum atomic E-state index is 2.85. The van der Waals surface area contributed by atoms with E-state index in [0.717, 1.165) is 35.5 Å². The van der Waals surface area contributed by atoms with Crippen molar-refractivity contribution < 1.29 is 0 Å². The molecule has 0 aromatic carbocycles. The third kappa shape index (κ3) is 2.93. The summed E-state index contributed by atoms with van der Waals surface area (Å²) in [7, 11) is 0. The molecule has 1 aliphatic heterocycles. The lowest BCUT2D eigenvalue weighted by Gasteiger charge is -2.41. The molecule has 3 rings (SSSR count). The van der Waals surface area contributed by atoms with E-state index in [1.165, 1.54) is 45.2 Å². The molecule has 0 aromatic rings. The third-order valence-corrected chi connectivity index (χ3v) is 7.02. The Hall–Kier alpha value is -0.0400. The van der Waals surface area contributed by atoms with Crippen LogP contribution in [0.15, 0.2) is 0 Å². The fourth-order valence-corrected chi connectivity index (χ4v) is 4.97. The van der Waals surface area contributed by atoms with Gasteiger partial charge in [-0.1, -0.05) is 34.1 Å². The van der Waals surface area contributed by atoms with Gasteiger partial charge in [0.25, 0.3) is 0 Å². The predicted molar refractivity (Wildman–Crippen MR) is 86.7 cm³/mol. The molecular formula is C19H35N. The summed E-state index contributed by atoms with van der Waals surface area (Å²) in [6.07, 6.45) is 7.38. The second-order valence-corrected chi connectivity index (χ2v) is 9.01. The highest BCUT2D eigenvalue weighted by Gasteiger charge is 2.52. The molecule has 3 fully saturated rings. The van der Waals surface area contributed by atoms with Crippen LogP contribution < -0.4 is 0 Å². The number of likely N-dealkylation sites (tertiary alicyclic amines) is 1. The lowest BCUT2D eigenvalue weighted by molar-refractivity contribution is 0.0715. The quantitative estimate of drug-likeness (QED) is 0.696. The first-order chi connectivity index (χ1) is 9.40. The van der Waals surface area contributed by atoms with Crippen molar-refractivity contribution in [1.82, 2.24) is 4.90 Å². The molecular weight excluding hydrogens is 242 g/mol. The van der Waals surface area contributed by atoms with E-state index in [0.29, 0.717) is 5.54 Å². The summed E-state index contributed by atoms with van der Waals surface area (Å²) in [6.45, 7) is 15.1. The standard InChI is InChI=1S/C19H35N/c1-13-8-17(7-6-14(2)18-9-15(18)3)12-20(11-13)19(5)10-16(19)4/h13-18H,6-12H2,1-5H3. The normalized spacial score (nSPS) is 50.0. The van der Waals surface area contributed by atoms with Crippen LogP contribution in [0, 0.1) is 35.5 Å². The number of hydrogen-bond donors (Lipinski definition) is 0. The SMILES string of the molecule is CC1CC(CCC(C)C2CC2C)CN(C2(C)CC2C)C1. The molecule has 0 radical (unpaired) electrons. The Labute approximate surface area is 126 Å². The fraction of sp³-hybridized carbons (Fsp3) is 1.00. The van der Waals surface area contributed by atoms with E-state index in [-0.39, 0.29) is 0 Å². The molecule has 2 aliphatic carbocycles. The molecule has 0 aromatic heterocycles. The minimum atomic E-state index is 0.559. The number of piperidine rings is 1. The second-order valence-electron chi connectivity index (χ2n) is 9.01. The molecule has 3 aliphatic rings. The van der Waals surface area contributed by atoms with E-state index in [9.17, 15) is 0 Å². The maximum Gasteiger partial charge on any atom is 0.0211 e. The Morgan fingerprint density at radius 1 is 1.15 bits per heavy atom. The van der Waals surface area contributed by atoms with Crippen LogP contribution in [0.3, 0.4) is 0 Å². The zero-order chi connectivity index (χ0) is 14.5. The van der Waals surface area contributed by atoms with Crippen LogP contribution in [0.1, 0.15) is 66.7 Å². The van der Waals surface area contributed by atoms with E-state index < -0.39 is 0 Å². The monoisotopic (exact) mass is 277 g/mol. The smallest absolute Gasteiger partial charge is 0.0211 e. The molecule has 1 nitrogen and oxygen atoms in total. The predicted octanol–water partition coefficient (Wildman–Crippen LogP) is 4.82. The van der Waals surface area contributed by atoms with Crippen LogP contribution >= 0.6 is 0 Å². The Kier molecular flexibility index (Phi) is 3.95. The van der Waals surface area contributed by atoms with Gasteiger partial charge in [0.05, 0.1) is 0 Å². The van der Waals surface area contributed by atoms with Crippen LogP contribution in [-0.2, 0) is 0 Å². The lowest BCUT2D eigenvalue weighted by Crippen LogP contribution is -2.46. The van der Waals surface area contributed by atoms with E-state index in [2.05, 4.69) is 39.5 Å². The summed E-state index contributed by atoms with van der Waals surface area (Å²) >= 11 is 0. The zero-order valence-electron chi connectivity index (χ0n) is 14.4. The van der Waals surface area contributed by atoms with Crippen molar-refractivity contribution >= 4 is 0 Å². The number of hydrogen-bond acceptors (Lipinski definition) is 1. The molecule has 7 atom stereocenters. The highest BCUT2D eigenvalue weighted by molar-refractivity contribution is 5.07. The van der Waals surface area contributed by atoms with Crippen LogP contribution in [-0.4, -0.2) is 23.5 Å². The van der Waals surface area contributed by atoms with E-state index >= 15 is 0 Å². The first-order valence-electron chi connectivity index (χ1n) is 9.15. The molecule has 2 saturated carbocycles. The first-order valence-corrected chi connectivity index (χ1v) is 9.15. The van der Waals surface area contributed by atoms with Gasteiger partial charge in [-0.05, 0) is 68.1 Å². The average molecular weight is 277 g/mol. The Balaban J connectivity index is 1.49. The van der Waals surface area contributed by atoms with E-state index in [1.54, 1.807) is 0 Å². The Bertz CT molecular complexity index is 352. The van der Waals surface area contributed by atoms with Crippen LogP contribution in [0.4, 0.5) is 0 Å². The highest BCUT2D eigenvalue weighted by Crippen LogP contribution is 2.50. The van der Waals surface area contributed by atoms with Crippen molar-refractivity contribution in [1.29, 1.82) is 0 Å². The van der Waals surface area contributed by atoms with Gasteiger partial charge in [-0.2, -0.15) is 0 Å². The van der Waals surface area contributed by atoms with Gasteiger partial charge in [-0.3, -0.25) is 4.90 Å². The second kappa shape index (κ2) is 5.30. The molecule has 0 amide bonds. The number of nitrogens with zero attached hydrogens (tertiary/aromatic N) is 1. The largest absolute Gasteiger partial charge is 0.297 e. The number of rotatable bonds is 5. The minimum Gasteiger partial charge on any atom is -0.297 e.